The van der Waals surface area contributed by atoms with Crippen LogP contribution in [-0.2, 0) is 0 Å². The fourth-order valence-corrected chi connectivity index (χ4v) is 0.719. The van der Waals surface area contributed by atoms with Crippen molar-refractivity contribution in [2.75, 3.05) is 12.8 Å². The SMILES string of the molecule is CNC(C)C.Nc1cc(Cl)ncc1C=O. The molecule has 4 nitrogen and oxygen atoms in total. The predicted octanol–water partition coefficient (Wildman–Crippen LogP) is 1.74. The maximum atomic E-state index is 10.2. The van der Waals surface area contributed by atoms with Gasteiger partial charge in [0.25, 0.3) is 0 Å². The van der Waals surface area contributed by atoms with Crippen LogP contribution in [0, 0.1) is 0 Å². The van der Waals surface area contributed by atoms with Gasteiger partial charge in [0.1, 0.15) is 5.15 Å². The lowest BCUT2D eigenvalue weighted by Crippen LogP contribution is -2.15. The first-order chi connectivity index (χ1) is 7.01. The summed E-state index contributed by atoms with van der Waals surface area (Å²) in [5.41, 5.74) is 6.10. The van der Waals surface area contributed by atoms with Crippen molar-refractivity contribution in [1.29, 1.82) is 0 Å². The van der Waals surface area contributed by atoms with Crippen molar-refractivity contribution in [1.82, 2.24) is 10.3 Å². The minimum Gasteiger partial charge on any atom is -0.398 e. The largest absolute Gasteiger partial charge is 0.398 e. The zero-order valence-corrected chi connectivity index (χ0v) is 9.88. The van der Waals surface area contributed by atoms with Crippen molar-refractivity contribution < 1.29 is 4.79 Å². The summed E-state index contributed by atoms with van der Waals surface area (Å²) in [6, 6.07) is 2.07. The molecule has 0 saturated carbocycles. The standard InChI is InChI=1S/C6H5ClN2O.C4H11N/c7-6-1-5(8)4(3-10)2-9-6;1-4(2)5-3/h1-3H,(H2,8,9);4-5H,1-3H3. The number of pyridine rings is 1. The molecular formula is C10H16ClN3O. The Balaban J connectivity index is 0.000000336. The molecule has 1 aromatic rings. The fraction of sp³-hybridized carbons (Fsp3) is 0.400. The van der Waals surface area contributed by atoms with Crippen molar-refractivity contribution >= 4 is 23.6 Å². The van der Waals surface area contributed by atoms with Crippen molar-refractivity contribution in [2.24, 2.45) is 0 Å². The highest BCUT2D eigenvalue weighted by Gasteiger charge is 1.97. The Kier molecular flexibility index (Phi) is 6.66. The zero-order valence-electron chi connectivity index (χ0n) is 9.12. The molecule has 0 aliphatic heterocycles. The third kappa shape index (κ3) is 6.04. The number of carbonyl (C=O) groups is 1. The number of hydrogen-bond acceptors (Lipinski definition) is 4. The van der Waals surface area contributed by atoms with Gasteiger partial charge in [-0.3, -0.25) is 4.79 Å². The molecule has 0 amide bonds. The quantitative estimate of drug-likeness (QED) is 0.599. The Labute approximate surface area is 94.8 Å². The first-order valence-electron chi connectivity index (χ1n) is 4.54. The van der Waals surface area contributed by atoms with Crippen LogP contribution in [0.3, 0.4) is 0 Å². The van der Waals surface area contributed by atoms with E-state index in [0.29, 0.717) is 28.7 Å². The van der Waals surface area contributed by atoms with Gasteiger partial charge in [0, 0.05) is 17.9 Å². The van der Waals surface area contributed by atoms with Crippen LogP contribution in [0.5, 0.6) is 0 Å². The van der Waals surface area contributed by atoms with Crippen LogP contribution in [-0.4, -0.2) is 24.4 Å². The Hall–Kier alpha value is -1.13. The Morgan fingerprint density at radius 1 is 1.60 bits per heavy atom. The molecule has 0 aromatic carbocycles. The number of aldehydes is 1. The number of nitrogen functional groups attached to an aromatic ring is 1. The van der Waals surface area contributed by atoms with E-state index in [4.69, 9.17) is 17.3 Å². The van der Waals surface area contributed by atoms with E-state index in [1.54, 1.807) is 0 Å². The highest BCUT2D eigenvalue weighted by atomic mass is 35.5. The molecule has 0 aliphatic rings. The monoisotopic (exact) mass is 229 g/mol. The summed E-state index contributed by atoms with van der Waals surface area (Å²) in [5.74, 6) is 0. The number of rotatable bonds is 2. The van der Waals surface area contributed by atoms with Gasteiger partial charge in [-0.25, -0.2) is 4.98 Å². The van der Waals surface area contributed by atoms with Gasteiger partial charge in [0.2, 0.25) is 0 Å². The van der Waals surface area contributed by atoms with E-state index >= 15 is 0 Å². The van der Waals surface area contributed by atoms with E-state index < -0.39 is 0 Å². The first kappa shape index (κ1) is 13.9. The summed E-state index contributed by atoms with van der Waals surface area (Å²) in [5, 5.41) is 3.32. The summed E-state index contributed by atoms with van der Waals surface area (Å²) in [6.07, 6.45) is 1.98. The first-order valence-corrected chi connectivity index (χ1v) is 4.92. The molecule has 1 aromatic heterocycles. The van der Waals surface area contributed by atoms with Crippen LogP contribution >= 0.6 is 11.6 Å². The molecule has 0 spiro atoms. The molecular weight excluding hydrogens is 214 g/mol. The van der Waals surface area contributed by atoms with E-state index in [9.17, 15) is 4.79 Å². The van der Waals surface area contributed by atoms with E-state index in [2.05, 4.69) is 24.1 Å². The number of nitrogens with zero attached hydrogens (tertiary/aromatic N) is 1. The summed E-state index contributed by atoms with van der Waals surface area (Å²) in [7, 11) is 1.95. The predicted molar refractivity (Wildman–Crippen MR) is 63.2 cm³/mol. The Morgan fingerprint density at radius 2 is 2.13 bits per heavy atom. The van der Waals surface area contributed by atoms with E-state index in [0.717, 1.165) is 0 Å². The molecule has 0 fully saturated rings. The van der Waals surface area contributed by atoms with Crippen LogP contribution in [0.4, 0.5) is 5.69 Å². The number of nitrogens with one attached hydrogen (secondary N) is 1. The summed E-state index contributed by atoms with van der Waals surface area (Å²) in [4.78, 5) is 13.8. The van der Waals surface area contributed by atoms with Gasteiger partial charge in [0.05, 0.1) is 5.56 Å². The van der Waals surface area contributed by atoms with E-state index in [1.807, 2.05) is 7.05 Å². The molecule has 0 radical (unpaired) electrons. The van der Waals surface area contributed by atoms with Gasteiger partial charge in [-0.05, 0) is 13.1 Å². The second-order valence-corrected chi connectivity index (χ2v) is 3.58. The molecule has 84 valence electrons. The summed E-state index contributed by atoms with van der Waals surface area (Å²) < 4.78 is 0. The number of anilines is 1. The van der Waals surface area contributed by atoms with Crippen molar-refractivity contribution in [3.63, 3.8) is 0 Å². The molecule has 0 bridgehead atoms. The second-order valence-electron chi connectivity index (χ2n) is 3.20. The van der Waals surface area contributed by atoms with E-state index in [-0.39, 0.29) is 0 Å². The van der Waals surface area contributed by atoms with Crippen LogP contribution < -0.4 is 11.1 Å². The van der Waals surface area contributed by atoms with Crippen molar-refractivity contribution in [2.45, 2.75) is 19.9 Å². The number of halogens is 1. The van der Waals surface area contributed by atoms with Crippen LogP contribution in [0.1, 0.15) is 24.2 Å². The molecule has 0 aliphatic carbocycles. The smallest absolute Gasteiger partial charge is 0.153 e. The molecule has 1 rings (SSSR count). The fourth-order valence-electron chi connectivity index (χ4n) is 0.553. The number of nitrogens with two attached hydrogens (primary N) is 1. The lowest BCUT2D eigenvalue weighted by Gasteiger charge is -1.95. The molecule has 1 heterocycles. The van der Waals surface area contributed by atoms with Crippen LogP contribution in [0.15, 0.2) is 12.3 Å². The molecule has 5 heteroatoms. The van der Waals surface area contributed by atoms with Gasteiger partial charge in [0.15, 0.2) is 6.29 Å². The topological polar surface area (TPSA) is 68.0 Å². The van der Waals surface area contributed by atoms with E-state index in [1.165, 1.54) is 12.3 Å². The van der Waals surface area contributed by atoms with Gasteiger partial charge >= 0.3 is 0 Å². The maximum absolute atomic E-state index is 10.2. The molecule has 0 unspecified atom stereocenters. The highest BCUT2D eigenvalue weighted by Crippen LogP contribution is 2.12. The van der Waals surface area contributed by atoms with Gasteiger partial charge < -0.3 is 11.1 Å². The van der Waals surface area contributed by atoms with Gasteiger partial charge in [-0.2, -0.15) is 0 Å². The van der Waals surface area contributed by atoms with Crippen LogP contribution in [0.2, 0.25) is 5.15 Å². The van der Waals surface area contributed by atoms with Gasteiger partial charge in [-0.1, -0.05) is 25.4 Å². The average Bonchev–Trinajstić information content (AvgIpc) is 2.19. The number of hydrogen-bond donors (Lipinski definition) is 2. The maximum Gasteiger partial charge on any atom is 0.153 e. The number of carbonyl (C=O) groups excluding carboxylic acids is 1. The second kappa shape index (κ2) is 7.20. The molecule has 3 N–H and O–H groups in total. The summed E-state index contributed by atoms with van der Waals surface area (Å²) in [6.45, 7) is 4.22. The third-order valence-electron chi connectivity index (χ3n) is 1.64. The lowest BCUT2D eigenvalue weighted by molar-refractivity contribution is 0.112. The third-order valence-corrected chi connectivity index (χ3v) is 1.85. The minimum absolute atomic E-state index is 0.295. The highest BCUT2D eigenvalue weighted by molar-refractivity contribution is 6.29. The number of aromatic nitrogens is 1. The normalized spacial score (nSPS) is 9.40. The van der Waals surface area contributed by atoms with Crippen molar-refractivity contribution in [3.05, 3.63) is 23.0 Å². The van der Waals surface area contributed by atoms with Gasteiger partial charge in [-0.15, -0.1) is 0 Å². The average molecular weight is 230 g/mol. The minimum atomic E-state index is 0.295. The van der Waals surface area contributed by atoms with Crippen LogP contribution in [0.25, 0.3) is 0 Å². The Bertz CT molecular complexity index is 316. The zero-order chi connectivity index (χ0) is 11.8. The Morgan fingerprint density at radius 3 is 2.47 bits per heavy atom. The molecule has 0 atom stereocenters. The molecule has 0 saturated heterocycles. The lowest BCUT2D eigenvalue weighted by atomic mass is 10.3. The molecule has 15 heavy (non-hydrogen) atoms. The van der Waals surface area contributed by atoms with Crippen molar-refractivity contribution in [3.8, 4) is 0 Å². The summed E-state index contributed by atoms with van der Waals surface area (Å²) >= 11 is 5.47.